The van der Waals surface area contributed by atoms with Crippen LogP contribution in [0.1, 0.15) is 5.56 Å². The molecule has 0 atom stereocenters. The number of pyridine rings is 1. The number of nitrogens with one attached hydrogen (secondary N) is 3. The lowest BCUT2D eigenvalue weighted by atomic mass is 10.1. The normalized spacial score (nSPS) is 11.1. The van der Waals surface area contributed by atoms with Crippen LogP contribution in [-0.4, -0.2) is 38.0 Å². The maximum atomic E-state index is 13.1. The molecular formula is C21H23ClN6O4S. The summed E-state index contributed by atoms with van der Waals surface area (Å²) < 4.78 is 28.7. The molecule has 3 aromatic rings. The van der Waals surface area contributed by atoms with Gasteiger partial charge in [0.2, 0.25) is 0 Å². The fraction of sp³-hybridized carbons (Fsp3) is 0.190. The first-order valence-corrected chi connectivity index (χ1v) is 11.8. The van der Waals surface area contributed by atoms with Gasteiger partial charge in [-0.15, -0.1) is 0 Å². The van der Waals surface area contributed by atoms with Crippen molar-refractivity contribution >= 4 is 44.5 Å². The SMILES string of the molecule is NCCc1cc([N+](=O)[O-])ccc1S(=O)(=O)Nc1cccnc1NCCNc1ccc(Cl)cc1. The molecule has 0 aliphatic heterocycles. The molecule has 1 aromatic heterocycles. The maximum absolute atomic E-state index is 13.1. The topological polar surface area (TPSA) is 152 Å². The first-order valence-electron chi connectivity index (χ1n) is 9.98. The predicted octanol–water partition coefficient (Wildman–Crippen LogP) is 3.47. The second-order valence-corrected chi connectivity index (χ2v) is 9.04. The number of anilines is 3. The Morgan fingerprint density at radius 1 is 1.06 bits per heavy atom. The third-order valence-corrected chi connectivity index (χ3v) is 6.32. The molecule has 5 N–H and O–H groups in total. The standard InChI is InChI=1S/C21H23ClN6O4S/c22-16-3-5-17(6-4-16)24-12-13-26-21-19(2-1-11-25-21)27-33(31,32)20-8-7-18(28(29)30)14-15(20)9-10-23/h1-8,11,14,24,27H,9-10,12-13,23H2,(H,25,26). The zero-order valence-corrected chi connectivity index (χ0v) is 19.1. The first-order chi connectivity index (χ1) is 15.8. The van der Waals surface area contributed by atoms with E-state index in [0.717, 1.165) is 11.8 Å². The molecule has 0 fully saturated rings. The minimum absolute atomic E-state index is 0.0715. The molecule has 0 amide bonds. The van der Waals surface area contributed by atoms with Gasteiger partial charge in [0.25, 0.3) is 15.7 Å². The van der Waals surface area contributed by atoms with Crippen LogP contribution in [0.4, 0.5) is 22.9 Å². The Kier molecular flexibility index (Phi) is 8.04. The second-order valence-electron chi connectivity index (χ2n) is 6.95. The first kappa shape index (κ1) is 24.2. The minimum atomic E-state index is -4.05. The van der Waals surface area contributed by atoms with Crippen molar-refractivity contribution in [3.8, 4) is 0 Å². The van der Waals surface area contributed by atoms with Gasteiger partial charge in [0.15, 0.2) is 0 Å². The largest absolute Gasteiger partial charge is 0.383 e. The van der Waals surface area contributed by atoms with E-state index in [4.69, 9.17) is 17.3 Å². The monoisotopic (exact) mass is 490 g/mol. The summed E-state index contributed by atoms with van der Waals surface area (Å²) in [5, 5.41) is 18.0. The molecule has 0 saturated carbocycles. The molecule has 0 spiro atoms. The Morgan fingerprint density at radius 3 is 2.48 bits per heavy atom. The highest BCUT2D eigenvalue weighted by Gasteiger charge is 2.22. The van der Waals surface area contributed by atoms with E-state index in [1.54, 1.807) is 30.5 Å². The summed E-state index contributed by atoms with van der Waals surface area (Å²) in [4.78, 5) is 14.6. The molecule has 12 heteroatoms. The molecule has 3 rings (SSSR count). The van der Waals surface area contributed by atoms with Gasteiger partial charge in [0.1, 0.15) is 5.82 Å². The molecule has 33 heavy (non-hydrogen) atoms. The van der Waals surface area contributed by atoms with Crippen LogP contribution in [0.25, 0.3) is 0 Å². The van der Waals surface area contributed by atoms with Gasteiger partial charge in [-0.1, -0.05) is 11.6 Å². The Labute approximate surface area is 196 Å². The van der Waals surface area contributed by atoms with Crippen LogP contribution in [0, 0.1) is 10.1 Å². The lowest BCUT2D eigenvalue weighted by Crippen LogP contribution is -2.19. The van der Waals surface area contributed by atoms with Crippen molar-refractivity contribution in [2.75, 3.05) is 35.0 Å². The number of nitro benzene ring substituents is 1. The number of nitrogens with zero attached hydrogens (tertiary/aromatic N) is 2. The highest BCUT2D eigenvalue weighted by Crippen LogP contribution is 2.26. The number of rotatable bonds is 11. The van der Waals surface area contributed by atoms with Gasteiger partial charge in [-0.2, -0.15) is 0 Å². The molecule has 0 saturated heterocycles. The lowest BCUT2D eigenvalue weighted by molar-refractivity contribution is -0.385. The molecular weight excluding hydrogens is 468 g/mol. The lowest BCUT2D eigenvalue weighted by Gasteiger charge is -2.15. The summed E-state index contributed by atoms with van der Waals surface area (Å²) in [5.74, 6) is 0.348. The van der Waals surface area contributed by atoms with Crippen LogP contribution in [0.5, 0.6) is 0 Å². The number of benzene rings is 2. The van der Waals surface area contributed by atoms with Crippen LogP contribution in [0.2, 0.25) is 5.02 Å². The zero-order valence-electron chi connectivity index (χ0n) is 17.5. The molecule has 174 valence electrons. The minimum Gasteiger partial charge on any atom is -0.383 e. The van der Waals surface area contributed by atoms with Gasteiger partial charge in [0, 0.05) is 42.1 Å². The van der Waals surface area contributed by atoms with E-state index in [0.29, 0.717) is 23.9 Å². The van der Waals surface area contributed by atoms with E-state index < -0.39 is 14.9 Å². The fourth-order valence-corrected chi connectivity index (χ4v) is 4.52. The number of non-ortho nitro benzene ring substituents is 1. The highest BCUT2D eigenvalue weighted by atomic mass is 35.5. The molecule has 1 heterocycles. The maximum Gasteiger partial charge on any atom is 0.269 e. The van der Waals surface area contributed by atoms with Gasteiger partial charge >= 0.3 is 0 Å². The number of aromatic nitrogens is 1. The van der Waals surface area contributed by atoms with Crippen molar-refractivity contribution in [3.63, 3.8) is 0 Å². The van der Waals surface area contributed by atoms with Crippen molar-refractivity contribution in [1.29, 1.82) is 0 Å². The van der Waals surface area contributed by atoms with Crippen LogP contribution >= 0.6 is 11.6 Å². The average molecular weight is 491 g/mol. The molecule has 0 unspecified atom stereocenters. The van der Waals surface area contributed by atoms with E-state index in [9.17, 15) is 18.5 Å². The Balaban J connectivity index is 1.72. The van der Waals surface area contributed by atoms with Crippen molar-refractivity contribution in [3.05, 3.63) is 81.5 Å². The average Bonchev–Trinajstić information content (AvgIpc) is 2.79. The van der Waals surface area contributed by atoms with Gasteiger partial charge in [-0.25, -0.2) is 13.4 Å². The number of halogens is 1. The Hall–Kier alpha value is -3.41. The Morgan fingerprint density at radius 2 is 1.79 bits per heavy atom. The van der Waals surface area contributed by atoms with Crippen molar-refractivity contribution in [2.45, 2.75) is 11.3 Å². The molecule has 0 aliphatic carbocycles. The molecule has 2 aromatic carbocycles. The van der Waals surface area contributed by atoms with E-state index >= 15 is 0 Å². The third kappa shape index (κ3) is 6.54. The van der Waals surface area contributed by atoms with Crippen molar-refractivity contribution in [2.24, 2.45) is 5.73 Å². The van der Waals surface area contributed by atoms with Gasteiger partial charge in [-0.05, 0) is 61.0 Å². The van der Waals surface area contributed by atoms with Gasteiger partial charge in [0.05, 0.1) is 15.5 Å². The number of sulfonamides is 1. The summed E-state index contributed by atoms with van der Waals surface area (Å²) in [7, 11) is -4.05. The smallest absolute Gasteiger partial charge is 0.269 e. The molecule has 0 aliphatic rings. The summed E-state index contributed by atoms with van der Waals surface area (Å²) >= 11 is 5.88. The number of hydrogen-bond acceptors (Lipinski definition) is 8. The fourth-order valence-electron chi connectivity index (χ4n) is 3.08. The van der Waals surface area contributed by atoms with E-state index in [-0.39, 0.29) is 34.8 Å². The van der Waals surface area contributed by atoms with Crippen LogP contribution in [0.3, 0.4) is 0 Å². The summed E-state index contributed by atoms with van der Waals surface area (Å²) in [6.07, 6.45) is 1.71. The number of nitrogens with two attached hydrogens (primary N) is 1. The zero-order chi connectivity index (χ0) is 23.8. The second kappa shape index (κ2) is 10.9. The van der Waals surface area contributed by atoms with E-state index in [2.05, 4.69) is 20.3 Å². The molecule has 0 bridgehead atoms. The number of nitro groups is 1. The predicted molar refractivity (Wildman–Crippen MR) is 129 cm³/mol. The highest BCUT2D eigenvalue weighted by molar-refractivity contribution is 7.92. The Bertz CT molecular complexity index is 1220. The van der Waals surface area contributed by atoms with E-state index in [1.807, 2.05) is 12.1 Å². The molecule has 10 nitrogen and oxygen atoms in total. The van der Waals surface area contributed by atoms with Crippen molar-refractivity contribution in [1.82, 2.24) is 4.98 Å². The summed E-state index contributed by atoms with van der Waals surface area (Å²) in [5.41, 5.74) is 6.79. The summed E-state index contributed by atoms with van der Waals surface area (Å²) in [6.45, 7) is 1.15. The third-order valence-electron chi connectivity index (χ3n) is 4.60. The van der Waals surface area contributed by atoms with Gasteiger partial charge < -0.3 is 16.4 Å². The summed E-state index contributed by atoms with van der Waals surface area (Å²) in [6, 6.07) is 14.0. The quantitative estimate of drug-likeness (QED) is 0.181. The van der Waals surface area contributed by atoms with Crippen molar-refractivity contribution < 1.29 is 13.3 Å². The molecule has 0 radical (unpaired) electrons. The van der Waals surface area contributed by atoms with Gasteiger partial charge in [-0.3, -0.25) is 14.8 Å². The van der Waals surface area contributed by atoms with Crippen LogP contribution < -0.4 is 21.1 Å². The van der Waals surface area contributed by atoms with Crippen LogP contribution in [-0.2, 0) is 16.4 Å². The number of hydrogen-bond donors (Lipinski definition) is 4. The van der Waals surface area contributed by atoms with Crippen LogP contribution in [0.15, 0.2) is 65.7 Å². The van der Waals surface area contributed by atoms with E-state index in [1.165, 1.54) is 12.1 Å².